The van der Waals surface area contributed by atoms with Crippen LogP contribution in [0.3, 0.4) is 0 Å². The minimum atomic E-state index is -0.0516. The van der Waals surface area contributed by atoms with E-state index in [4.69, 9.17) is 0 Å². The van der Waals surface area contributed by atoms with E-state index in [0.717, 1.165) is 37.1 Å². The van der Waals surface area contributed by atoms with Crippen molar-refractivity contribution < 1.29 is 9.59 Å². The molecule has 0 aromatic heterocycles. The smallest absolute Gasteiger partial charge is 0.224 e. The number of amides is 2. The average Bonchev–Trinajstić information content (AvgIpc) is 3.01. The molecule has 1 aliphatic rings. The average molecular weight is 531 g/mol. The molecule has 0 saturated heterocycles. The fraction of sp³-hybridized carbons (Fsp3) is 0.278. The van der Waals surface area contributed by atoms with Crippen LogP contribution in [0.5, 0.6) is 0 Å². The highest BCUT2D eigenvalue weighted by atomic mass is 16.2. The summed E-state index contributed by atoms with van der Waals surface area (Å²) in [6.45, 7) is 0. The molecule has 4 aromatic rings. The SMILES string of the molecule is O=C(CCc1ccccc1)Nc1ccc(C2(c3ccc(NC(=O)CCc4ccccc4)cc3)CCCCC2)cc1. The van der Waals surface area contributed by atoms with E-state index in [1.54, 1.807) is 0 Å². The maximum absolute atomic E-state index is 12.5. The topological polar surface area (TPSA) is 58.2 Å². The van der Waals surface area contributed by atoms with E-state index in [-0.39, 0.29) is 17.2 Å². The van der Waals surface area contributed by atoms with Crippen molar-refractivity contribution in [2.24, 2.45) is 0 Å². The highest BCUT2D eigenvalue weighted by molar-refractivity contribution is 5.91. The van der Waals surface area contributed by atoms with Gasteiger partial charge in [-0.1, -0.05) is 104 Å². The maximum Gasteiger partial charge on any atom is 0.224 e. The molecule has 1 aliphatic carbocycles. The number of benzene rings is 4. The molecule has 0 unspecified atom stereocenters. The number of aryl methyl sites for hydroxylation is 2. The van der Waals surface area contributed by atoms with Crippen LogP contribution >= 0.6 is 0 Å². The number of anilines is 2. The van der Waals surface area contributed by atoms with Gasteiger partial charge < -0.3 is 10.6 Å². The van der Waals surface area contributed by atoms with Gasteiger partial charge in [0.05, 0.1) is 0 Å². The molecule has 0 bridgehead atoms. The second-order valence-electron chi connectivity index (χ2n) is 10.9. The predicted molar refractivity (Wildman–Crippen MR) is 164 cm³/mol. The number of carbonyl (C=O) groups is 2. The predicted octanol–water partition coefficient (Wildman–Crippen LogP) is 8.08. The van der Waals surface area contributed by atoms with Gasteiger partial charge in [-0.2, -0.15) is 0 Å². The second-order valence-corrected chi connectivity index (χ2v) is 10.9. The summed E-state index contributed by atoms with van der Waals surface area (Å²) in [7, 11) is 0. The van der Waals surface area contributed by atoms with E-state index in [0.29, 0.717) is 12.8 Å². The van der Waals surface area contributed by atoms with Crippen LogP contribution < -0.4 is 10.6 Å². The summed E-state index contributed by atoms with van der Waals surface area (Å²) in [4.78, 5) is 25.1. The number of carbonyl (C=O) groups excluding carboxylic acids is 2. The highest BCUT2D eigenvalue weighted by Crippen LogP contribution is 2.45. The third-order valence-corrected chi connectivity index (χ3v) is 8.12. The number of hydrogen-bond acceptors (Lipinski definition) is 2. The Labute approximate surface area is 237 Å². The van der Waals surface area contributed by atoms with Gasteiger partial charge in [0.25, 0.3) is 0 Å². The van der Waals surface area contributed by atoms with Crippen LogP contribution in [-0.4, -0.2) is 11.8 Å². The first-order chi connectivity index (χ1) is 19.6. The standard InChI is InChI=1S/C36H38N2O2/c39-34(24-14-28-10-4-1-5-11-28)37-32-20-16-30(17-21-32)36(26-8-3-9-27-36)31-18-22-33(23-19-31)38-35(40)25-15-29-12-6-2-7-13-29/h1-2,4-7,10-13,16-23H,3,8-9,14-15,24-27H2,(H,37,39)(H,38,40). The third-order valence-electron chi connectivity index (χ3n) is 8.12. The molecule has 5 rings (SSSR count). The minimum Gasteiger partial charge on any atom is -0.326 e. The quantitative estimate of drug-likeness (QED) is 0.218. The summed E-state index contributed by atoms with van der Waals surface area (Å²) >= 11 is 0. The number of rotatable bonds is 10. The van der Waals surface area contributed by atoms with Crippen molar-refractivity contribution >= 4 is 23.2 Å². The monoisotopic (exact) mass is 530 g/mol. The lowest BCUT2D eigenvalue weighted by Crippen LogP contribution is -2.30. The van der Waals surface area contributed by atoms with Crippen LogP contribution in [0.15, 0.2) is 109 Å². The first-order valence-corrected chi connectivity index (χ1v) is 14.5. The minimum absolute atomic E-state index is 0.0328. The van der Waals surface area contributed by atoms with Gasteiger partial charge in [0.1, 0.15) is 0 Å². The molecule has 204 valence electrons. The van der Waals surface area contributed by atoms with Gasteiger partial charge in [-0.25, -0.2) is 0 Å². The second kappa shape index (κ2) is 13.3. The Morgan fingerprint density at radius 3 is 1.32 bits per heavy atom. The van der Waals surface area contributed by atoms with Crippen LogP contribution in [0.1, 0.15) is 67.2 Å². The van der Waals surface area contributed by atoms with Crippen LogP contribution in [0.2, 0.25) is 0 Å². The van der Waals surface area contributed by atoms with E-state index >= 15 is 0 Å². The summed E-state index contributed by atoms with van der Waals surface area (Å²) in [5.41, 5.74) is 6.53. The zero-order valence-electron chi connectivity index (χ0n) is 23.1. The molecular weight excluding hydrogens is 492 g/mol. The highest BCUT2D eigenvalue weighted by Gasteiger charge is 2.35. The van der Waals surface area contributed by atoms with E-state index in [9.17, 15) is 9.59 Å². The Balaban J connectivity index is 1.22. The Morgan fingerprint density at radius 2 is 0.925 bits per heavy atom. The first-order valence-electron chi connectivity index (χ1n) is 14.5. The molecule has 1 fully saturated rings. The lowest BCUT2D eigenvalue weighted by Gasteiger charge is -2.39. The van der Waals surface area contributed by atoms with E-state index in [1.165, 1.54) is 41.5 Å². The van der Waals surface area contributed by atoms with Crippen molar-refractivity contribution in [2.45, 2.75) is 63.2 Å². The molecule has 0 heterocycles. The molecule has 4 nitrogen and oxygen atoms in total. The first kappa shape index (κ1) is 27.4. The largest absolute Gasteiger partial charge is 0.326 e. The van der Waals surface area contributed by atoms with Gasteiger partial charge in [-0.3, -0.25) is 9.59 Å². The summed E-state index contributed by atoms with van der Waals surface area (Å²) in [6, 6.07) is 37.1. The Bertz CT molecular complexity index is 1270. The molecule has 2 N–H and O–H groups in total. The van der Waals surface area contributed by atoms with Crippen molar-refractivity contribution in [2.75, 3.05) is 10.6 Å². The summed E-state index contributed by atoms with van der Waals surface area (Å²) in [5, 5.41) is 6.12. The van der Waals surface area contributed by atoms with E-state index in [1.807, 2.05) is 60.7 Å². The van der Waals surface area contributed by atoms with E-state index < -0.39 is 0 Å². The van der Waals surface area contributed by atoms with Crippen LogP contribution in [-0.2, 0) is 27.8 Å². The van der Waals surface area contributed by atoms with Crippen molar-refractivity contribution in [1.82, 2.24) is 0 Å². The Hall–Kier alpha value is -4.18. The lowest BCUT2D eigenvalue weighted by atomic mass is 9.65. The Kier molecular flexibility index (Phi) is 9.07. The molecule has 0 radical (unpaired) electrons. The summed E-state index contributed by atoms with van der Waals surface area (Å²) < 4.78 is 0. The van der Waals surface area contributed by atoms with Gasteiger partial charge in [0, 0.05) is 29.6 Å². The van der Waals surface area contributed by atoms with Crippen molar-refractivity contribution in [3.8, 4) is 0 Å². The van der Waals surface area contributed by atoms with Gasteiger partial charge in [-0.05, 0) is 72.2 Å². The molecule has 2 amide bonds. The molecule has 0 spiro atoms. The van der Waals surface area contributed by atoms with Gasteiger partial charge in [0.15, 0.2) is 0 Å². The van der Waals surface area contributed by atoms with Crippen molar-refractivity contribution in [3.05, 3.63) is 131 Å². The summed E-state index contributed by atoms with van der Waals surface area (Å²) in [6.07, 6.45) is 8.22. The van der Waals surface area contributed by atoms with Crippen LogP contribution in [0.4, 0.5) is 11.4 Å². The van der Waals surface area contributed by atoms with Crippen LogP contribution in [0.25, 0.3) is 0 Å². The normalized spacial score (nSPS) is 14.3. The zero-order valence-corrected chi connectivity index (χ0v) is 23.1. The molecule has 40 heavy (non-hydrogen) atoms. The maximum atomic E-state index is 12.5. The molecule has 1 saturated carbocycles. The van der Waals surface area contributed by atoms with Crippen LogP contribution in [0, 0.1) is 0 Å². The Morgan fingerprint density at radius 1 is 0.525 bits per heavy atom. The fourth-order valence-electron chi connectivity index (χ4n) is 5.90. The van der Waals surface area contributed by atoms with Gasteiger partial charge >= 0.3 is 0 Å². The molecule has 4 heteroatoms. The summed E-state index contributed by atoms with van der Waals surface area (Å²) in [5.74, 6) is 0.0655. The lowest BCUT2D eigenvalue weighted by molar-refractivity contribution is -0.117. The van der Waals surface area contributed by atoms with Crippen molar-refractivity contribution in [1.29, 1.82) is 0 Å². The molecule has 0 aliphatic heterocycles. The number of nitrogens with one attached hydrogen (secondary N) is 2. The molecule has 4 aromatic carbocycles. The van der Waals surface area contributed by atoms with E-state index in [2.05, 4.69) is 59.2 Å². The zero-order chi connectivity index (χ0) is 27.6. The van der Waals surface area contributed by atoms with Crippen molar-refractivity contribution in [3.63, 3.8) is 0 Å². The third kappa shape index (κ3) is 7.06. The van der Waals surface area contributed by atoms with Gasteiger partial charge in [-0.15, -0.1) is 0 Å². The number of hydrogen-bond donors (Lipinski definition) is 2. The fourth-order valence-corrected chi connectivity index (χ4v) is 5.90. The molecule has 0 atom stereocenters. The van der Waals surface area contributed by atoms with Gasteiger partial charge in [0.2, 0.25) is 11.8 Å². The molecular formula is C36H38N2O2.